The zero-order chi connectivity index (χ0) is 19.2. The Morgan fingerprint density at radius 3 is 2.33 bits per heavy atom. The highest BCUT2D eigenvalue weighted by Crippen LogP contribution is 2.13. The number of carbonyl (C=O) groups excluding carboxylic acids is 2. The molecule has 0 aliphatic carbocycles. The van der Waals surface area contributed by atoms with Crippen LogP contribution in [0.3, 0.4) is 0 Å². The van der Waals surface area contributed by atoms with E-state index in [1.54, 1.807) is 47.4 Å². The van der Waals surface area contributed by atoms with Gasteiger partial charge in [-0.05, 0) is 24.3 Å². The molecular formula is C21H23FN3O2+. The molecule has 0 spiro atoms. The highest BCUT2D eigenvalue weighted by atomic mass is 19.1. The molecule has 3 rings (SSSR count). The SMILES string of the molecule is C[NH+]1CCN(C(=O)/C(=C/c2ccccc2F)NC(=O)c2ccccc2)CC1. The summed E-state index contributed by atoms with van der Waals surface area (Å²) in [5.41, 5.74) is 0.773. The van der Waals surface area contributed by atoms with E-state index in [4.69, 9.17) is 0 Å². The summed E-state index contributed by atoms with van der Waals surface area (Å²) in [6.45, 7) is 2.87. The van der Waals surface area contributed by atoms with Crippen LogP contribution in [0.4, 0.5) is 4.39 Å². The summed E-state index contributed by atoms with van der Waals surface area (Å²) in [6, 6.07) is 14.8. The molecule has 2 amide bonds. The maximum Gasteiger partial charge on any atom is 0.270 e. The first-order valence-electron chi connectivity index (χ1n) is 8.98. The lowest BCUT2D eigenvalue weighted by atomic mass is 10.1. The Kier molecular flexibility index (Phi) is 5.98. The normalized spacial score (nSPS) is 15.5. The zero-order valence-corrected chi connectivity index (χ0v) is 15.2. The molecule has 1 fully saturated rings. The number of nitrogens with one attached hydrogen (secondary N) is 2. The molecule has 1 aliphatic rings. The largest absolute Gasteiger partial charge is 0.334 e. The Morgan fingerprint density at radius 1 is 1.04 bits per heavy atom. The van der Waals surface area contributed by atoms with E-state index in [1.807, 2.05) is 6.07 Å². The summed E-state index contributed by atoms with van der Waals surface area (Å²) in [4.78, 5) is 28.6. The van der Waals surface area contributed by atoms with E-state index in [0.29, 0.717) is 18.7 Å². The first-order valence-corrected chi connectivity index (χ1v) is 8.98. The monoisotopic (exact) mass is 368 g/mol. The molecule has 0 radical (unpaired) electrons. The number of quaternary nitrogens is 1. The molecule has 0 saturated carbocycles. The molecule has 6 heteroatoms. The topological polar surface area (TPSA) is 53.9 Å². The Balaban J connectivity index is 1.88. The summed E-state index contributed by atoms with van der Waals surface area (Å²) >= 11 is 0. The summed E-state index contributed by atoms with van der Waals surface area (Å²) in [5.74, 6) is -1.14. The smallest absolute Gasteiger partial charge is 0.270 e. The average molecular weight is 368 g/mol. The number of halogens is 1. The van der Waals surface area contributed by atoms with Crippen LogP contribution in [0.5, 0.6) is 0 Å². The maximum atomic E-state index is 14.1. The molecular weight excluding hydrogens is 345 g/mol. The van der Waals surface area contributed by atoms with Crippen molar-refractivity contribution in [3.63, 3.8) is 0 Å². The van der Waals surface area contributed by atoms with Crippen LogP contribution in [-0.2, 0) is 4.79 Å². The predicted molar refractivity (Wildman–Crippen MR) is 101 cm³/mol. The second kappa shape index (κ2) is 8.60. The van der Waals surface area contributed by atoms with Gasteiger partial charge in [0.05, 0.1) is 33.2 Å². The molecule has 27 heavy (non-hydrogen) atoms. The van der Waals surface area contributed by atoms with Gasteiger partial charge in [0.2, 0.25) is 0 Å². The fraction of sp³-hybridized carbons (Fsp3) is 0.238. The number of rotatable bonds is 4. The van der Waals surface area contributed by atoms with Crippen LogP contribution in [0, 0.1) is 5.82 Å². The van der Waals surface area contributed by atoms with Crippen molar-refractivity contribution in [2.24, 2.45) is 0 Å². The molecule has 2 N–H and O–H groups in total. The molecule has 0 bridgehead atoms. The molecule has 2 aromatic carbocycles. The van der Waals surface area contributed by atoms with Crippen LogP contribution in [0.2, 0.25) is 0 Å². The first-order chi connectivity index (χ1) is 13.0. The highest BCUT2D eigenvalue weighted by Gasteiger charge is 2.25. The molecule has 1 heterocycles. The highest BCUT2D eigenvalue weighted by molar-refractivity contribution is 6.05. The van der Waals surface area contributed by atoms with Crippen LogP contribution < -0.4 is 10.2 Å². The number of carbonyl (C=O) groups is 2. The van der Waals surface area contributed by atoms with Gasteiger partial charge in [0.25, 0.3) is 11.8 Å². The summed E-state index contributed by atoms with van der Waals surface area (Å²) in [6.07, 6.45) is 1.41. The van der Waals surface area contributed by atoms with E-state index in [2.05, 4.69) is 12.4 Å². The zero-order valence-electron chi connectivity index (χ0n) is 15.2. The fourth-order valence-electron chi connectivity index (χ4n) is 2.94. The Bertz CT molecular complexity index is 844. The number of hydrogen-bond donors (Lipinski definition) is 2. The van der Waals surface area contributed by atoms with Gasteiger partial charge in [-0.2, -0.15) is 0 Å². The molecule has 1 saturated heterocycles. The van der Waals surface area contributed by atoms with E-state index in [9.17, 15) is 14.0 Å². The third kappa shape index (κ3) is 4.80. The van der Waals surface area contributed by atoms with Crippen molar-refractivity contribution in [3.8, 4) is 0 Å². The Morgan fingerprint density at radius 2 is 1.67 bits per heavy atom. The van der Waals surface area contributed by atoms with Gasteiger partial charge in [-0.1, -0.05) is 36.4 Å². The number of hydrogen-bond acceptors (Lipinski definition) is 2. The standard InChI is InChI=1S/C21H22FN3O2/c1-24-11-13-25(14-12-24)21(27)19(15-17-9-5-6-10-18(17)22)23-20(26)16-7-3-2-4-8-16/h2-10,15H,11-14H2,1H3,(H,23,26)/p+1/b19-15-. The van der Waals surface area contributed by atoms with Crippen LogP contribution in [0.15, 0.2) is 60.3 Å². The van der Waals surface area contributed by atoms with Crippen molar-refractivity contribution in [3.05, 3.63) is 77.2 Å². The summed E-state index contributed by atoms with van der Waals surface area (Å²) in [7, 11) is 2.08. The summed E-state index contributed by atoms with van der Waals surface area (Å²) < 4.78 is 14.1. The van der Waals surface area contributed by atoms with Gasteiger partial charge in [-0.25, -0.2) is 4.39 Å². The Labute approximate surface area is 158 Å². The third-order valence-corrected chi connectivity index (χ3v) is 4.62. The quantitative estimate of drug-likeness (QED) is 0.790. The third-order valence-electron chi connectivity index (χ3n) is 4.62. The molecule has 140 valence electrons. The van der Waals surface area contributed by atoms with Gasteiger partial charge in [0.1, 0.15) is 11.5 Å². The molecule has 0 unspecified atom stereocenters. The summed E-state index contributed by atoms with van der Waals surface area (Å²) in [5, 5.41) is 2.67. The van der Waals surface area contributed by atoms with Crippen LogP contribution in [0.1, 0.15) is 15.9 Å². The van der Waals surface area contributed by atoms with Crippen molar-refractivity contribution in [1.29, 1.82) is 0 Å². The average Bonchev–Trinajstić information content (AvgIpc) is 2.69. The number of amides is 2. The van der Waals surface area contributed by atoms with Gasteiger partial charge < -0.3 is 15.1 Å². The lowest BCUT2D eigenvalue weighted by Crippen LogP contribution is -3.12. The first kappa shape index (κ1) is 18.8. The molecule has 2 aromatic rings. The number of benzene rings is 2. The van der Waals surface area contributed by atoms with Gasteiger partial charge in [-0.3, -0.25) is 9.59 Å². The molecule has 5 nitrogen and oxygen atoms in total. The van der Waals surface area contributed by atoms with Gasteiger partial charge in [0.15, 0.2) is 0 Å². The van der Waals surface area contributed by atoms with Crippen LogP contribution >= 0.6 is 0 Å². The van der Waals surface area contributed by atoms with E-state index in [0.717, 1.165) is 13.1 Å². The molecule has 0 aromatic heterocycles. The minimum atomic E-state index is -0.445. The Hall–Kier alpha value is -2.99. The predicted octanol–water partition coefficient (Wildman–Crippen LogP) is 0.954. The fourth-order valence-corrected chi connectivity index (χ4v) is 2.94. The van der Waals surface area contributed by atoms with Crippen LogP contribution in [-0.4, -0.2) is 49.9 Å². The van der Waals surface area contributed by atoms with E-state index >= 15 is 0 Å². The number of piperazine rings is 1. The van der Waals surface area contributed by atoms with E-state index < -0.39 is 11.7 Å². The van der Waals surface area contributed by atoms with Crippen molar-refractivity contribution in [1.82, 2.24) is 10.2 Å². The van der Waals surface area contributed by atoms with E-state index in [1.165, 1.54) is 17.0 Å². The second-order valence-corrected chi connectivity index (χ2v) is 6.65. The van der Waals surface area contributed by atoms with Crippen molar-refractivity contribution >= 4 is 17.9 Å². The second-order valence-electron chi connectivity index (χ2n) is 6.65. The van der Waals surface area contributed by atoms with Crippen molar-refractivity contribution < 1.29 is 18.9 Å². The lowest BCUT2D eigenvalue weighted by Gasteiger charge is -2.30. The minimum Gasteiger partial charge on any atom is -0.334 e. The van der Waals surface area contributed by atoms with Crippen molar-refractivity contribution in [2.75, 3.05) is 33.2 Å². The van der Waals surface area contributed by atoms with Crippen LogP contribution in [0.25, 0.3) is 6.08 Å². The lowest BCUT2D eigenvalue weighted by molar-refractivity contribution is -0.883. The molecule has 1 aliphatic heterocycles. The van der Waals surface area contributed by atoms with Gasteiger partial charge in [0, 0.05) is 11.1 Å². The number of likely N-dealkylation sites (N-methyl/N-ethyl adjacent to an activating group) is 1. The van der Waals surface area contributed by atoms with Gasteiger partial charge in [-0.15, -0.1) is 0 Å². The minimum absolute atomic E-state index is 0.0773. The van der Waals surface area contributed by atoms with E-state index in [-0.39, 0.29) is 17.2 Å². The maximum absolute atomic E-state index is 14.1. The number of nitrogens with zero attached hydrogens (tertiary/aromatic N) is 1. The molecule has 0 atom stereocenters. The van der Waals surface area contributed by atoms with Gasteiger partial charge >= 0.3 is 0 Å². The van der Waals surface area contributed by atoms with Crippen molar-refractivity contribution in [2.45, 2.75) is 0 Å².